The van der Waals surface area contributed by atoms with E-state index in [-0.39, 0.29) is 5.82 Å². The summed E-state index contributed by atoms with van der Waals surface area (Å²) in [6.07, 6.45) is 0.907. The van der Waals surface area contributed by atoms with Crippen LogP contribution in [0.25, 0.3) is 0 Å². The molecule has 1 heterocycles. The van der Waals surface area contributed by atoms with E-state index in [9.17, 15) is 4.39 Å². The fraction of sp³-hybridized carbons (Fsp3) is 0.167. The first-order valence-electron chi connectivity index (χ1n) is 4.96. The number of benzene rings is 1. The van der Waals surface area contributed by atoms with Crippen LogP contribution in [0.15, 0.2) is 39.5 Å². The molecule has 0 radical (unpaired) electrons. The molecule has 2 aromatic rings. The Morgan fingerprint density at radius 3 is 2.88 bits per heavy atom. The summed E-state index contributed by atoms with van der Waals surface area (Å²) in [5, 5.41) is 7.26. The fourth-order valence-electron chi connectivity index (χ4n) is 1.43. The van der Waals surface area contributed by atoms with Crippen molar-refractivity contribution in [3.05, 3.63) is 50.9 Å². The number of hydrogen-bond donors (Lipinski definition) is 1. The molecule has 1 aromatic carbocycles. The Bertz CT molecular complexity index is 436. The first kappa shape index (κ1) is 11.6. The molecule has 0 aliphatic rings. The predicted molar refractivity (Wildman–Crippen MR) is 70.6 cm³/mol. The van der Waals surface area contributed by atoms with Crippen LogP contribution < -0.4 is 5.32 Å². The highest BCUT2D eigenvalue weighted by Crippen LogP contribution is 2.24. The van der Waals surface area contributed by atoms with Crippen molar-refractivity contribution in [3.63, 3.8) is 0 Å². The van der Waals surface area contributed by atoms with Gasteiger partial charge in [0.15, 0.2) is 0 Å². The van der Waals surface area contributed by atoms with Crippen LogP contribution >= 0.6 is 27.3 Å². The van der Waals surface area contributed by atoms with E-state index in [1.807, 2.05) is 11.4 Å². The van der Waals surface area contributed by atoms with Crippen LogP contribution in [0.1, 0.15) is 5.56 Å². The monoisotopic (exact) mass is 299 g/mol. The highest BCUT2D eigenvalue weighted by molar-refractivity contribution is 9.10. The van der Waals surface area contributed by atoms with Gasteiger partial charge >= 0.3 is 0 Å². The second-order valence-electron chi connectivity index (χ2n) is 3.41. The molecule has 0 aliphatic carbocycles. The van der Waals surface area contributed by atoms with Crippen molar-refractivity contribution < 1.29 is 4.39 Å². The molecular weight excluding hydrogens is 289 g/mol. The molecule has 0 fully saturated rings. The Morgan fingerprint density at radius 2 is 2.19 bits per heavy atom. The van der Waals surface area contributed by atoms with E-state index in [1.165, 1.54) is 11.6 Å². The zero-order valence-electron chi connectivity index (χ0n) is 8.54. The van der Waals surface area contributed by atoms with Crippen LogP contribution in [0.3, 0.4) is 0 Å². The molecule has 0 aliphatic heterocycles. The van der Waals surface area contributed by atoms with E-state index in [0.717, 1.165) is 17.4 Å². The zero-order chi connectivity index (χ0) is 11.4. The SMILES string of the molecule is Fc1cccc(Br)c1NCCc1ccsc1. The van der Waals surface area contributed by atoms with Crippen molar-refractivity contribution in [2.75, 3.05) is 11.9 Å². The molecule has 0 atom stereocenters. The molecule has 0 amide bonds. The van der Waals surface area contributed by atoms with Gasteiger partial charge in [0.1, 0.15) is 5.82 Å². The molecule has 0 saturated carbocycles. The minimum absolute atomic E-state index is 0.223. The van der Waals surface area contributed by atoms with E-state index in [4.69, 9.17) is 0 Å². The molecule has 84 valence electrons. The van der Waals surface area contributed by atoms with Gasteiger partial charge in [-0.1, -0.05) is 6.07 Å². The zero-order valence-corrected chi connectivity index (χ0v) is 10.9. The molecule has 1 aromatic heterocycles. The van der Waals surface area contributed by atoms with Gasteiger partial charge in [-0.2, -0.15) is 11.3 Å². The maximum Gasteiger partial charge on any atom is 0.147 e. The number of hydrogen-bond acceptors (Lipinski definition) is 2. The first-order chi connectivity index (χ1) is 7.77. The Hall–Kier alpha value is -0.870. The van der Waals surface area contributed by atoms with E-state index in [1.54, 1.807) is 17.4 Å². The second kappa shape index (κ2) is 5.46. The van der Waals surface area contributed by atoms with Crippen molar-refractivity contribution in [3.8, 4) is 0 Å². The standard InChI is InChI=1S/C12H11BrFNS/c13-10-2-1-3-11(14)12(10)15-6-4-9-5-7-16-8-9/h1-3,5,7-8,15H,4,6H2. The minimum Gasteiger partial charge on any atom is -0.381 e. The van der Waals surface area contributed by atoms with Crippen LogP contribution in [0.5, 0.6) is 0 Å². The smallest absolute Gasteiger partial charge is 0.147 e. The lowest BCUT2D eigenvalue weighted by Crippen LogP contribution is -2.06. The highest BCUT2D eigenvalue weighted by Gasteiger charge is 2.04. The Morgan fingerprint density at radius 1 is 1.31 bits per heavy atom. The lowest BCUT2D eigenvalue weighted by atomic mass is 10.2. The first-order valence-corrected chi connectivity index (χ1v) is 6.70. The third-order valence-electron chi connectivity index (χ3n) is 2.26. The minimum atomic E-state index is -0.223. The fourth-order valence-corrected chi connectivity index (χ4v) is 2.62. The second-order valence-corrected chi connectivity index (χ2v) is 5.04. The van der Waals surface area contributed by atoms with Crippen LogP contribution in [0.2, 0.25) is 0 Å². The quantitative estimate of drug-likeness (QED) is 0.887. The Labute approximate surface area is 106 Å². The molecule has 4 heteroatoms. The molecule has 1 nitrogen and oxygen atoms in total. The van der Waals surface area contributed by atoms with Gasteiger partial charge in [-0.05, 0) is 56.9 Å². The number of rotatable bonds is 4. The topological polar surface area (TPSA) is 12.0 Å². The number of thiophene rings is 1. The number of para-hydroxylation sites is 1. The van der Waals surface area contributed by atoms with E-state index >= 15 is 0 Å². The molecule has 16 heavy (non-hydrogen) atoms. The van der Waals surface area contributed by atoms with Gasteiger partial charge in [0.25, 0.3) is 0 Å². The summed E-state index contributed by atoms with van der Waals surface area (Å²) in [6, 6.07) is 7.06. The van der Waals surface area contributed by atoms with Gasteiger partial charge < -0.3 is 5.32 Å². The summed E-state index contributed by atoms with van der Waals surface area (Å²) in [7, 11) is 0. The number of anilines is 1. The average Bonchev–Trinajstić information content (AvgIpc) is 2.75. The molecule has 1 N–H and O–H groups in total. The predicted octanol–water partition coefficient (Wildman–Crippen LogP) is 4.30. The van der Waals surface area contributed by atoms with Gasteiger partial charge in [-0.15, -0.1) is 0 Å². The lowest BCUT2D eigenvalue weighted by molar-refractivity contribution is 0.629. The Kier molecular flexibility index (Phi) is 3.96. The molecule has 0 bridgehead atoms. The van der Waals surface area contributed by atoms with Crippen LogP contribution in [-0.2, 0) is 6.42 Å². The molecule has 0 saturated heterocycles. The maximum atomic E-state index is 13.4. The van der Waals surface area contributed by atoms with Crippen molar-refractivity contribution >= 4 is 33.0 Å². The van der Waals surface area contributed by atoms with Crippen molar-refractivity contribution in [1.29, 1.82) is 0 Å². The van der Waals surface area contributed by atoms with Crippen molar-refractivity contribution in [2.24, 2.45) is 0 Å². The highest BCUT2D eigenvalue weighted by atomic mass is 79.9. The molecule has 0 spiro atoms. The van der Waals surface area contributed by atoms with Gasteiger partial charge in [0, 0.05) is 11.0 Å². The molecule has 0 unspecified atom stereocenters. The summed E-state index contributed by atoms with van der Waals surface area (Å²) in [6.45, 7) is 0.732. The van der Waals surface area contributed by atoms with Crippen LogP contribution in [0.4, 0.5) is 10.1 Å². The van der Waals surface area contributed by atoms with Crippen LogP contribution in [0, 0.1) is 5.82 Å². The summed E-state index contributed by atoms with van der Waals surface area (Å²) in [5.41, 5.74) is 1.82. The molecule has 2 rings (SSSR count). The van der Waals surface area contributed by atoms with E-state index in [2.05, 4.69) is 32.7 Å². The van der Waals surface area contributed by atoms with Crippen molar-refractivity contribution in [1.82, 2.24) is 0 Å². The number of nitrogens with one attached hydrogen (secondary N) is 1. The summed E-state index contributed by atoms with van der Waals surface area (Å²) in [5.74, 6) is -0.223. The van der Waals surface area contributed by atoms with Gasteiger partial charge in [-0.3, -0.25) is 0 Å². The lowest BCUT2D eigenvalue weighted by Gasteiger charge is -2.08. The Balaban J connectivity index is 1.95. The average molecular weight is 300 g/mol. The molecular formula is C12H11BrFNS. The van der Waals surface area contributed by atoms with Gasteiger partial charge in [0.05, 0.1) is 5.69 Å². The number of halogens is 2. The van der Waals surface area contributed by atoms with Gasteiger partial charge in [-0.25, -0.2) is 4.39 Å². The largest absolute Gasteiger partial charge is 0.381 e. The van der Waals surface area contributed by atoms with E-state index in [0.29, 0.717) is 5.69 Å². The van der Waals surface area contributed by atoms with Crippen molar-refractivity contribution in [2.45, 2.75) is 6.42 Å². The summed E-state index contributed by atoms with van der Waals surface area (Å²) in [4.78, 5) is 0. The third kappa shape index (κ3) is 2.83. The summed E-state index contributed by atoms with van der Waals surface area (Å²) < 4.78 is 14.2. The van der Waals surface area contributed by atoms with E-state index < -0.39 is 0 Å². The summed E-state index contributed by atoms with van der Waals surface area (Å²) >= 11 is 5.01. The van der Waals surface area contributed by atoms with Crippen LogP contribution in [-0.4, -0.2) is 6.54 Å². The maximum absolute atomic E-state index is 13.4. The normalized spacial score (nSPS) is 10.4. The van der Waals surface area contributed by atoms with Gasteiger partial charge in [0.2, 0.25) is 0 Å². The third-order valence-corrected chi connectivity index (χ3v) is 3.65.